The molecule has 1 aliphatic heterocycles. The molecule has 1 N–H and O–H groups in total. The number of halogens is 3. The number of aromatic nitrogens is 2. The molecule has 188 valence electrons. The minimum atomic E-state index is -2.61. The van der Waals surface area contributed by atoms with Gasteiger partial charge in [-0.05, 0) is 43.8 Å². The third kappa shape index (κ3) is 6.01. The Hall–Kier alpha value is -3.37. The second kappa shape index (κ2) is 11.4. The number of pyridine rings is 1. The molecule has 3 aromatic rings. The minimum absolute atomic E-state index is 0.0174. The van der Waals surface area contributed by atoms with E-state index in [0.717, 1.165) is 18.8 Å². The highest BCUT2D eigenvalue weighted by Crippen LogP contribution is 2.33. The van der Waals surface area contributed by atoms with Crippen LogP contribution in [0.4, 0.5) is 13.2 Å². The van der Waals surface area contributed by atoms with Crippen molar-refractivity contribution in [3.63, 3.8) is 0 Å². The maximum atomic E-state index is 14.6. The van der Waals surface area contributed by atoms with Gasteiger partial charge in [-0.25, -0.2) is 18.2 Å². The number of imidazole rings is 1. The van der Waals surface area contributed by atoms with Gasteiger partial charge >= 0.3 is 0 Å². The van der Waals surface area contributed by atoms with Crippen molar-refractivity contribution in [3.05, 3.63) is 65.2 Å². The Bertz CT molecular complexity index is 1210. The summed E-state index contributed by atoms with van der Waals surface area (Å²) >= 11 is 0. The summed E-state index contributed by atoms with van der Waals surface area (Å²) in [5.41, 5.74) is 2.74. The van der Waals surface area contributed by atoms with Crippen molar-refractivity contribution in [2.24, 2.45) is 0 Å². The Balaban J connectivity index is 0.000000795. The molecule has 1 saturated heterocycles. The van der Waals surface area contributed by atoms with Gasteiger partial charge in [-0.1, -0.05) is 6.58 Å². The van der Waals surface area contributed by atoms with Gasteiger partial charge < -0.3 is 23.9 Å². The number of methoxy groups -OCH3 is 1. The molecule has 0 radical (unpaired) electrons. The number of aryl methyl sites for hydroxylation is 1. The highest BCUT2D eigenvalue weighted by molar-refractivity contribution is 5.73. The van der Waals surface area contributed by atoms with E-state index in [1.165, 1.54) is 31.4 Å². The molecule has 2 aromatic heterocycles. The molecule has 1 aliphatic rings. The van der Waals surface area contributed by atoms with Gasteiger partial charge in [-0.2, -0.15) is 0 Å². The van der Waals surface area contributed by atoms with Crippen molar-refractivity contribution < 1.29 is 32.5 Å². The third-order valence-corrected chi connectivity index (χ3v) is 5.74. The third-order valence-electron chi connectivity index (χ3n) is 5.74. The first-order valence-electron chi connectivity index (χ1n) is 10.9. The molecule has 0 bridgehead atoms. The van der Waals surface area contributed by atoms with E-state index in [1.54, 1.807) is 17.5 Å². The first-order chi connectivity index (χ1) is 16.7. The van der Waals surface area contributed by atoms with Crippen LogP contribution in [-0.4, -0.2) is 65.8 Å². The summed E-state index contributed by atoms with van der Waals surface area (Å²) in [6.45, 7) is 7.71. The molecule has 0 spiro atoms. The zero-order chi connectivity index (χ0) is 25.7. The number of hydrogen-bond acceptors (Lipinski definition) is 6. The van der Waals surface area contributed by atoms with E-state index < -0.39 is 12.2 Å². The maximum Gasteiger partial charge on any atom is 0.292 e. The number of ether oxygens (including phenoxy) is 2. The number of hydrogen-bond donors (Lipinski definition) is 1. The highest BCUT2D eigenvalue weighted by Gasteiger charge is 2.25. The summed E-state index contributed by atoms with van der Waals surface area (Å²) in [5.74, 6) is -0.986. The number of nitrogens with zero attached hydrogens (tertiary/aromatic N) is 3. The molecule has 35 heavy (non-hydrogen) atoms. The summed E-state index contributed by atoms with van der Waals surface area (Å²) < 4.78 is 52.6. The largest absolute Gasteiger partial charge is 0.508 e. The van der Waals surface area contributed by atoms with Crippen molar-refractivity contribution in [2.45, 2.75) is 25.9 Å². The zero-order valence-corrected chi connectivity index (χ0v) is 19.8. The fourth-order valence-corrected chi connectivity index (χ4v) is 4.02. The Morgan fingerprint density at radius 3 is 2.71 bits per heavy atom. The van der Waals surface area contributed by atoms with Crippen LogP contribution in [0.3, 0.4) is 0 Å². The van der Waals surface area contributed by atoms with E-state index in [1.807, 2.05) is 7.05 Å². The summed E-state index contributed by atoms with van der Waals surface area (Å²) in [6, 6.07) is 5.53. The molecule has 4 rings (SSSR count). The molecule has 10 heteroatoms. The van der Waals surface area contributed by atoms with Crippen LogP contribution in [0.5, 0.6) is 0 Å². The molecule has 0 saturated carbocycles. The molecule has 1 atom stereocenters. The van der Waals surface area contributed by atoms with Crippen LogP contribution in [0.25, 0.3) is 22.7 Å². The second-order valence-corrected chi connectivity index (χ2v) is 8.28. The van der Waals surface area contributed by atoms with Crippen LogP contribution in [0.1, 0.15) is 28.8 Å². The molecule has 7 nitrogen and oxygen atoms in total. The van der Waals surface area contributed by atoms with Crippen molar-refractivity contribution in [3.8, 4) is 11.3 Å². The summed E-state index contributed by atoms with van der Waals surface area (Å²) in [5, 5.41) is 9.64. The lowest BCUT2D eigenvalue weighted by Gasteiger charge is -2.30. The molecule has 0 amide bonds. The van der Waals surface area contributed by atoms with Crippen LogP contribution in [0.15, 0.2) is 37.0 Å². The lowest BCUT2D eigenvalue weighted by molar-refractivity contribution is -0.126. The zero-order valence-electron chi connectivity index (χ0n) is 19.8. The molecule has 0 aliphatic carbocycles. The second-order valence-electron chi connectivity index (χ2n) is 8.28. The van der Waals surface area contributed by atoms with Crippen LogP contribution < -0.4 is 0 Å². The number of alkyl halides is 2. The van der Waals surface area contributed by atoms with E-state index in [9.17, 15) is 18.3 Å². The number of aliphatic hydroxyl groups excluding tert-OH is 1. The molecule has 1 aromatic carbocycles. The van der Waals surface area contributed by atoms with Crippen molar-refractivity contribution in [1.82, 2.24) is 14.3 Å². The standard InChI is InChI=1S/C23H24F3N3O2.C2H4O2/c1-13-8-18(14(2)30)19(24)11-17(13)22-20(10-16-12-28(3)6-7-31-16)29-5-4-15(23(25)26)9-21(29)27-22;1-4-2-3/h4-5,8-9,11,16,23,30H,2,6-7,10,12H2,1,3H3;2H,1H3. The Kier molecular flexibility index (Phi) is 8.52. The molecule has 3 heterocycles. The van der Waals surface area contributed by atoms with Gasteiger partial charge in [0.2, 0.25) is 0 Å². The SMILES string of the molecule is C=C(O)c1cc(C)c(-c2nc3cc(C(F)F)ccn3c2CC2CN(C)CCO2)cc1F.COC=O. The quantitative estimate of drug-likeness (QED) is 0.402. The molecular formula is C25H28F3N3O4. The Labute approximate surface area is 201 Å². The molecule has 1 fully saturated rings. The first-order valence-corrected chi connectivity index (χ1v) is 10.9. The van der Waals surface area contributed by atoms with Crippen LogP contribution in [-0.2, 0) is 20.7 Å². The van der Waals surface area contributed by atoms with Crippen LogP contribution >= 0.6 is 0 Å². The first kappa shape index (κ1) is 26.2. The normalized spacial score (nSPS) is 16.1. The van der Waals surface area contributed by atoms with E-state index >= 15 is 0 Å². The van der Waals surface area contributed by atoms with Crippen molar-refractivity contribution in [1.29, 1.82) is 0 Å². The van der Waals surface area contributed by atoms with Gasteiger partial charge in [0.25, 0.3) is 12.9 Å². The van der Waals surface area contributed by atoms with E-state index in [2.05, 4.69) is 21.2 Å². The van der Waals surface area contributed by atoms with E-state index in [0.29, 0.717) is 42.0 Å². The summed E-state index contributed by atoms with van der Waals surface area (Å²) in [6.07, 6.45) is -0.651. The minimum Gasteiger partial charge on any atom is -0.508 e. The lowest BCUT2D eigenvalue weighted by atomic mass is 9.98. The number of carbonyl (C=O) groups is 1. The lowest BCUT2D eigenvalue weighted by Crippen LogP contribution is -2.41. The predicted octanol–water partition coefficient (Wildman–Crippen LogP) is 4.58. The number of aliphatic hydroxyl groups is 1. The highest BCUT2D eigenvalue weighted by atomic mass is 19.3. The van der Waals surface area contributed by atoms with Gasteiger partial charge in [0.15, 0.2) is 0 Å². The number of morpholine rings is 1. The fraction of sp³-hybridized carbons (Fsp3) is 0.360. The fourth-order valence-electron chi connectivity index (χ4n) is 4.02. The topological polar surface area (TPSA) is 76.3 Å². The predicted molar refractivity (Wildman–Crippen MR) is 126 cm³/mol. The average molecular weight is 492 g/mol. The monoisotopic (exact) mass is 491 g/mol. The summed E-state index contributed by atoms with van der Waals surface area (Å²) in [7, 11) is 3.33. The van der Waals surface area contributed by atoms with Gasteiger partial charge in [-0.15, -0.1) is 0 Å². The van der Waals surface area contributed by atoms with Crippen LogP contribution in [0.2, 0.25) is 0 Å². The van der Waals surface area contributed by atoms with Gasteiger partial charge in [0, 0.05) is 36.8 Å². The van der Waals surface area contributed by atoms with Crippen molar-refractivity contribution in [2.75, 3.05) is 33.9 Å². The molecule has 1 unspecified atom stereocenters. The maximum absolute atomic E-state index is 14.6. The summed E-state index contributed by atoms with van der Waals surface area (Å²) in [4.78, 5) is 15.7. The smallest absolute Gasteiger partial charge is 0.292 e. The van der Waals surface area contributed by atoms with E-state index in [-0.39, 0.29) is 23.0 Å². The number of carbonyl (C=O) groups excluding carboxylic acids is 1. The number of fused-ring (bicyclic) bond motifs is 1. The van der Waals surface area contributed by atoms with Gasteiger partial charge in [0.1, 0.15) is 17.2 Å². The van der Waals surface area contributed by atoms with Crippen LogP contribution in [0, 0.1) is 12.7 Å². The average Bonchev–Trinajstić information content (AvgIpc) is 3.17. The Morgan fingerprint density at radius 1 is 1.40 bits per heavy atom. The number of likely N-dealkylation sites (N-methyl/N-ethyl adjacent to an activating group) is 1. The molecular weight excluding hydrogens is 463 g/mol. The Morgan fingerprint density at radius 2 is 2.11 bits per heavy atom. The van der Waals surface area contributed by atoms with Crippen molar-refractivity contribution >= 4 is 17.9 Å². The number of rotatable bonds is 6. The van der Waals surface area contributed by atoms with Gasteiger partial charge in [0.05, 0.1) is 36.8 Å². The van der Waals surface area contributed by atoms with E-state index in [4.69, 9.17) is 9.53 Å². The number of benzene rings is 1. The van der Waals surface area contributed by atoms with Gasteiger partial charge in [-0.3, -0.25) is 4.79 Å².